The van der Waals surface area contributed by atoms with Gasteiger partial charge in [-0.25, -0.2) is 4.98 Å². The van der Waals surface area contributed by atoms with Gasteiger partial charge in [0, 0.05) is 28.3 Å². The zero-order valence-electron chi connectivity index (χ0n) is 23.2. The molecule has 6 aromatic rings. The van der Waals surface area contributed by atoms with Crippen LogP contribution in [-0.2, 0) is 10.8 Å². The molecule has 4 heteroatoms. The first-order valence-corrected chi connectivity index (χ1v) is 13.9. The number of hydrogen-bond donors (Lipinski definition) is 0. The molecule has 2 aliphatic rings. The summed E-state index contributed by atoms with van der Waals surface area (Å²) in [6.45, 7) is 9.33. The third-order valence-corrected chi connectivity index (χ3v) is 8.95. The van der Waals surface area contributed by atoms with Crippen molar-refractivity contribution in [2.75, 3.05) is 4.90 Å². The molecule has 0 unspecified atom stereocenters. The first-order valence-electron chi connectivity index (χ1n) is 13.9. The molecule has 0 spiro atoms. The molecule has 4 heterocycles. The van der Waals surface area contributed by atoms with Gasteiger partial charge in [0.15, 0.2) is 0 Å². The summed E-state index contributed by atoms with van der Waals surface area (Å²) in [5.41, 5.74) is 12.5. The molecule has 0 N–H and O–H groups in total. The number of hydrogen-bond acceptors (Lipinski definition) is 3. The van der Waals surface area contributed by atoms with Crippen LogP contribution >= 0.6 is 0 Å². The van der Waals surface area contributed by atoms with E-state index in [9.17, 15) is 0 Å². The molecule has 194 valence electrons. The molecule has 0 bridgehead atoms. The highest BCUT2D eigenvalue weighted by atomic mass is 15.2. The molecule has 0 fully saturated rings. The normalized spacial score (nSPS) is 15.8. The van der Waals surface area contributed by atoms with Crippen LogP contribution in [-0.4, -0.2) is 14.5 Å². The van der Waals surface area contributed by atoms with Crippen LogP contribution in [0.5, 0.6) is 0 Å². The highest BCUT2D eigenvalue weighted by molar-refractivity contribution is 5.94. The first-order chi connectivity index (χ1) is 19.4. The number of rotatable bonds is 2. The topological polar surface area (TPSA) is 34.0 Å². The molecule has 2 aromatic heterocycles. The van der Waals surface area contributed by atoms with E-state index < -0.39 is 0 Å². The lowest BCUT2D eigenvalue weighted by Crippen LogP contribution is -2.38. The molecular weight excluding hydrogens is 488 g/mol. The van der Waals surface area contributed by atoms with Crippen molar-refractivity contribution in [1.82, 2.24) is 14.5 Å². The summed E-state index contributed by atoms with van der Waals surface area (Å²) in [5, 5.41) is 0. The average Bonchev–Trinajstić information content (AvgIpc) is 3.37. The zero-order valence-corrected chi connectivity index (χ0v) is 23.2. The summed E-state index contributed by atoms with van der Waals surface area (Å²) in [5.74, 6) is 0.954. The van der Waals surface area contributed by atoms with Crippen LogP contribution in [0.15, 0.2) is 109 Å². The Morgan fingerprint density at radius 3 is 2.12 bits per heavy atom. The van der Waals surface area contributed by atoms with E-state index >= 15 is 0 Å². The number of imidazole rings is 1. The fraction of sp³-hybridized carbons (Fsp3) is 0.167. The highest BCUT2D eigenvalue weighted by Crippen LogP contribution is 2.60. The van der Waals surface area contributed by atoms with Gasteiger partial charge in [0.2, 0.25) is 0 Å². The summed E-state index contributed by atoms with van der Waals surface area (Å²) in [7, 11) is 0. The fourth-order valence-corrected chi connectivity index (χ4v) is 6.91. The van der Waals surface area contributed by atoms with Crippen molar-refractivity contribution in [1.29, 1.82) is 0 Å². The van der Waals surface area contributed by atoms with Gasteiger partial charge in [0.1, 0.15) is 5.82 Å². The Labute approximate surface area is 234 Å². The Hall–Kier alpha value is -4.70. The second-order valence-electron chi connectivity index (χ2n) is 12.0. The lowest BCUT2D eigenvalue weighted by molar-refractivity contribution is 0.584. The van der Waals surface area contributed by atoms with Crippen LogP contribution < -0.4 is 4.90 Å². The number of nitrogens with zero attached hydrogens (tertiary/aromatic N) is 4. The summed E-state index contributed by atoms with van der Waals surface area (Å²) in [6, 6.07) is 36.8. The van der Waals surface area contributed by atoms with Crippen molar-refractivity contribution in [2.24, 2.45) is 0 Å². The van der Waals surface area contributed by atoms with Gasteiger partial charge in [0.05, 0.1) is 33.8 Å². The Morgan fingerprint density at radius 2 is 1.30 bits per heavy atom. The number of para-hydroxylation sites is 4. The molecule has 40 heavy (non-hydrogen) atoms. The molecular formula is C36H30N4. The Morgan fingerprint density at radius 1 is 0.625 bits per heavy atom. The number of pyridine rings is 1. The SMILES string of the molecule is CC1(C)c2ccccc2N2c3cccnc3C(C)(C)c3cc(-c4nc5ccccc5n4-c4ccccc4)cc1c32. The van der Waals surface area contributed by atoms with Crippen LogP contribution in [0.25, 0.3) is 28.1 Å². The van der Waals surface area contributed by atoms with E-state index in [2.05, 4.69) is 140 Å². The van der Waals surface area contributed by atoms with Crippen LogP contribution in [0.2, 0.25) is 0 Å². The zero-order chi connectivity index (χ0) is 27.2. The van der Waals surface area contributed by atoms with E-state index in [1.807, 2.05) is 6.20 Å². The van der Waals surface area contributed by atoms with Crippen LogP contribution in [0, 0.1) is 0 Å². The minimum Gasteiger partial charge on any atom is -0.308 e. The van der Waals surface area contributed by atoms with Crippen molar-refractivity contribution in [3.8, 4) is 17.1 Å². The smallest absolute Gasteiger partial charge is 0.145 e. The summed E-state index contributed by atoms with van der Waals surface area (Å²) >= 11 is 0. The maximum Gasteiger partial charge on any atom is 0.145 e. The number of benzene rings is 4. The Kier molecular flexibility index (Phi) is 4.60. The van der Waals surface area contributed by atoms with E-state index in [0.29, 0.717) is 0 Å². The Balaban J connectivity index is 1.49. The third kappa shape index (κ3) is 2.96. The maximum absolute atomic E-state index is 5.24. The Bertz CT molecular complexity index is 1880. The van der Waals surface area contributed by atoms with Gasteiger partial charge in [-0.05, 0) is 85.1 Å². The van der Waals surface area contributed by atoms with Gasteiger partial charge in [-0.3, -0.25) is 9.55 Å². The predicted molar refractivity (Wildman–Crippen MR) is 163 cm³/mol. The van der Waals surface area contributed by atoms with Crippen molar-refractivity contribution in [2.45, 2.75) is 38.5 Å². The molecule has 8 rings (SSSR count). The van der Waals surface area contributed by atoms with Crippen molar-refractivity contribution >= 4 is 28.1 Å². The molecule has 2 aliphatic heterocycles. The largest absolute Gasteiger partial charge is 0.308 e. The number of aromatic nitrogens is 3. The van der Waals surface area contributed by atoms with Crippen molar-refractivity contribution < 1.29 is 0 Å². The molecule has 4 aromatic carbocycles. The summed E-state index contributed by atoms with van der Waals surface area (Å²) in [6.07, 6.45) is 1.92. The van der Waals surface area contributed by atoms with Crippen LogP contribution in [0.1, 0.15) is 50.1 Å². The van der Waals surface area contributed by atoms with E-state index in [1.54, 1.807) is 0 Å². The molecule has 0 radical (unpaired) electrons. The minimum absolute atomic E-state index is 0.202. The first kappa shape index (κ1) is 23.2. The predicted octanol–water partition coefficient (Wildman–Crippen LogP) is 8.84. The number of anilines is 3. The second kappa shape index (κ2) is 7.92. The number of fused-ring (bicyclic) bond motifs is 5. The van der Waals surface area contributed by atoms with Gasteiger partial charge in [-0.2, -0.15) is 0 Å². The summed E-state index contributed by atoms with van der Waals surface area (Å²) < 4.78 is 2.30. The highest BCUT2D eigenvalue weighted by Gasteiger charge is 2.46. The van der Waals surface area contributed by atoms with Gasteiger partial charge >= 0.3 is 0 Å². The van der Waals surface area contributed by atoms with Gasteiger partial charge in [0.25, 0.3) is 0 Å². The molecule has 0 saturated heterocycles. The molecule has 0 amide bonds. The lowest BCUT2D eigenvalue weighted by Gasteiger charge is -2.49. The lowest BCUT2D eigenvalue weighted by atomic mass is 9.67. The van der Waals surface area contributed by atoms with Gasteiger partial charge < -0.3 is 4.90 Å². The van der Waals surface area contributed by atoms with E-state index in [0.717, 1.165) is 39.5 Å². The van der Waals surface area contributed by atoms with Gasteiger partial charge in [-0.15, -0.1) is 0 Å². The quantitative estimate of drug-likeness (QED) is 0.230. The van der Waals surface area contributed by atoms with Crippen LogP contribution in [0.3, 0.4) is 0 Å². The molecule has 0 atom stereocenters. The molecule has 4 nitrogen and oxygen atoms in total. The van der Waals surface area contributed by atoms with E-state index in [1.165, 1.54) is 28.1 Å². The monoisotopic (exact) mass is 518 g/mol. The van der Waals surface area contributed by atoms with E-state index in [-0.39, 0.29) is 10.8 Å². The third-order valence-electron chi connectivity index (χ3n) is 8.95. The minimum atomic E-state index is -0.293. The standard InChI is InChI=1S/C36H30N4/c1-35(2)25-15-8-10-17-29(25)40-31-19-12-20-37-33(31)36(3,4)27-22-23(21-26(35)32(27)40)34-38-28-16-9-11-18-30(28)39(34)24-13-6-5-7-14-24/h5-22H,1-4H3. The summed E-state index contributed by atoms with van der Waals surface area (Å²) in [4.78, 5) is 12.7. The molecule has 0 saturated carbocycles. The maximum atomic E-state index is 5.24. The second-order valence-corrected chi connectivity index (χ2v) is 12.0. The fourth-order valence-electron chi connectivity index (χ4n) is 6.91. The van der Waals surface area contributed by atoms with Crippen LogP contribution in [0.4, 0.5) is 17.1 Å². The van der Waals surface area contributed by atoms with Gasteiger partial charge in [-0.1, -0.05) is 62.4 Å². The average molecular weight is 519 g/mol. The molecule has 0 aliphatic carbocycles. The van der Waals surface area contributed by atoms with Crippen molar-refractivity contribution in [3.05, 3.63) is 132 Å². The van der Waals surface area contributed by atoms with E-state index in [4.69, 9.17) is 9.97 Å². The van der Waals surface area contributed by atoms with Crippen molar-refractivity contribution in [3.63, 3.8) is 0 Å².